The van der Waals surface area contributed by atoms with Gasteiger partial charge >= 0.3 is 5.97 Å². The molecule has 0 saturated carbocycles. The molecule has 0 radical (unpaired) electrons. The maximum Gasteiger partial charge on any atom is 0.337 e. The fourth-order valence-electron chi connectivity index (χ4n) is 1.15. The number of aromatic carboxylic acids is 1. The van der Waals surface area contributed by atoms with Gasteiger partial charge in [0.05, 0.1) is 17.4 Å². The molecule has 0 aliphatic rings. The first-order valence-electron chi connectivity index (χ1n) is 4.85. The van der Waals surface area contributed by atoms with Crippen LogP contribution < -0.4 is 5.32 Å². The molecule has 0 aromatic carbocycles. The lowest BCUT2D eigenvalue weighted by molar-refractivity contribution is 0.0698. The van der Waals surface area contributed by atoms with Crippen LogP contribution in [0.15, 0.2) is 31.1 Å². The Labute approximate surface area is 98.8 Å². The molecular formula is C11H14N2O2S. The van der Waals surface area contributed by atoms with Gasteiger partial charge in [0.2, 0.25) is 0 Å². The lowest BCUT2D eigenvalue weighted by atomic mass is 10.2. The van der Waals surface area contributed by atoms with E-state index >= 15 is 0 Å². The summed E-state index contributed by atoms with van der Waals surface area (Å²) < 4.78 is 0. The van der Waals surface area contributed by atoms with Crippen LogP contribution in [0.1, 0.15) is 10.4 Å². The largest absolute Gasteiger partial charge is 0.478 e. The van der Waals surface area contributed by atoms with Gasteiger partial charge in [-0.3, -0.25) is 4.98 Å². The molecule has 0 aliphatic carbocycles. The number of thioether (sulfide) groups is 1. The maximum absolute atomic E-state index is 10.9. The Balaban J connectivity index is 2.47. The van der Waals surface area contributed by atoms with E-state index in [1.165, 1.54) is 18.5 Å². The summed E-state index contributed by atoms with van der Waals surface area (Å²) in [6.45, 7) is 4.34. The minimum absolute atomic E-state index is 0.253. The molecule has 4 nitrogen and oxygen atoms in total. The minimum atomic E-state index is -0.941. The molecule has 0 aliphatic heterocycles. The molecule has 0 bridgehead atoms. The van der Waals surface area contributed by atoms with Crippen LogP contribution in [0.4, 0.5) is 5.69 Å². The van der Waals surface area contributed by atoms with E-state index in [-0.39, 0.29) is 5.56 Å². The number of pyridine rings is 1. The summed E-state index contributed by atoms with van der Waals surface area (Å²) in [6, 6.07) is 1.49. The van der Waals surface area contributed by atoms with Crippen LogP contribution in [0.2, 0.25) is 0 Å². The third-order valence-corrected chi connectivity index (χ3v) is 2.81. The lowest BCUT2D eigenvalue weighted by Gasteiger charge is -2.07. The highest BCUT2D eigenvalue weighted by Crippen LogP contribution is 2.13. The monoisotopic (exact) mass is 238 g/mol. The van der Waals surface area contributed by atoms with Crippen molar-refractivity contribution in [2.24, 2.45) is 0 Å². The standard InChI is InChI=1S/C11H14N2O2S/c1-2-6-16-7-5-13-10-8-12-4-3-9(10)11(14)15/h2-4,8,13H,1,5-7H2,(H,14,15). The Morgan fingerprint density at radius 2 is 2.50 bits per heavy atom. The molecule has 0 atom stereocenters. The van der Waals surface area contributed by atoms with E-state index in [9.17, 15) is 4.79 Å². The van der Waals surface area contributed by atoms with Crippen molar-refractivity contribution in [3.05, 3.63) is 36.7 Å². The average Bonchev–Trinajstić information content (AvgIpc) is 2.29. The number of rotatable bonds is 7. The number of nitrogens with zero attached hydrogens (tertiary/aromatic N) is 1. The van der Waals surface area contributed by atoms with Gasteiger partial charge in [-0.25, -0.2) is 4.79 Å². The molecule has 86 valence electrons. The molecule has 1 rings (SSSR count). The summed E-state index contributed by atoms with van der Waals surface area (Å²) in [6.07, 6.45) is 4.85. The predicted molar refractivity (Wildman–Crippen MR) is 67.2 cm³/mol. The van der Waals surface area contributed by atoms with Gasteiger partial charge in [-0.2, -0.15) is 11.8 Å². The average molecular weight is 238 g/mol. The smallest absolute Gasteiger partial charge is 0.337 e. The molecular weight excluding hydrogens is 224 g/mol. The minimum Gasteiger partial charge on any atom is -0.478 e. The van der Waals surface area contributed by atoms with E-state index in [1.54, 1.807) is 11.8 Å². The van der Waals surface area contributed by atoms with Crippen molar-refractivity contribution >= 4 is 23.4 Å². The summed E-state index contributed by atoms with van der Waals surface area (Å²) in [4.78, 5) is 14.8. The lowest BCUT2D eigenvalue weighted by Crippen LogP contribution is -2.09. The van der Waals surface area contributed by atoms with Gasteiger partial charge in [0.25, 0.3) is 0 Å². The number of carboxylic acids is 1. The second kappa shape index (κ2) is 6.90. The fourth-order valence-corrected chi connectivity index (χ4v) is 1.73. The molecule has 0 amide bonds. The van der Waals surface area contributed by atoms with Crippen LogP contribution in [-0.2, 0) is 0 Å². The number of hydrogen-bond donors (Lipinski definition) is 2. The summed E-state index contributed by atoms with van der Waals surface area (Å²) in [5.41, 5.74) is 0.818. The number of carbonyl (C=O) groups is 1. The van der Waals surface area contributed by atoms with Crippen LogP contribution in [0.3, 0.4) is 0 Å². The summed E-state index contributed by atoms with van der Waals surface area (Å²) in [5.74, 6) is 0.865. The Kier molecular flexibility index (Phi) is 5.42. The van der Waals surface area contributed by atoms with Crippen molar-refractivity contribution in [2.75, 3.05) is 23.4 Å². The molecule has 5 heteroatoms. The quantitative estimate of drug-likeness (QED) is 0.562. The van der Waals surface area contributed by atoms with Crippen LogP contribution in [0, 0.1) is 0 Å². The van der Waals surface area contributed by atoms with Crippen LogP contribution >= 0.6 is 11.8 Å². The molecule has 1 heterocycles. The predicted octanol–water partition coefficient (Wildman–Crippen LogP) is 2.11. The van der Waals surface area contributed by atoms with Gasteiger partial charge in [-0.15, -0.1) is 6.58 Å². The van der Waals surface area contributed by atoms with E-state index in [4.69, 9.17) is 5.11 Å². The number of carboxylic acid groups (broad SMARTS) is 1. The maximum atomic E-state index is 10.9. The zero-order valence-electron chi connectivity index (χ0n) is 8.85. The summed E-state index contributed by atoms with van der Waals surface area (Å²) >= 11 is 1.74. The molecule has 16 heavy (non-hydrogen) atoms. The van der Waals surface area contributed by atoms with E-state index in [1.807, 2.05) is 6.08 Å². The highest BCUT2D eigenvalue weighted by Gasteiger charge is 2.08. The molecule has 0 fully saturated rings. The molecule has 0 saturated heterocycles. The molecule has 1 aromatic rings. The van der Waals surface area contributed by atoms with Crippen LogP contribution in [0.25, 0.3) is 0 Å². The van der Waals surface area contributed by atoms with Crippen LogP contribution in [-0.4, -0.2) is 34.1 Å². The van der Waals surface area contributed by atoms with Gasteiger partial charge < -0.3 is 10.4 Å². The Morgan fingerprint density at radius 3 is 3.19 bits per heavy atom. The topological polar surface area (TPSA) is 62.2 Å². The van der Waals surface area contributed by atoms with Gasteiger partial charge in [0.1, 0.15) is 0 Å². The molecule has 1 aromatic heterocycles. The summed E-state index contributed by atoms with van der Waals surface area (Å²) in [7, 11) is 0. The van der Waals surface area contributed by atoms with E-state index in [0.717, 1.165) is 11.5 Å². The zero-order valence-corrected chi connectivity index (χ0v) is 9.67. The van der Waals surface area contributed by atoms with E-state index in [2.05, 4.69) is 16.9 Å². The van der Waals surface area contributed by atoms with Crippen molar-refractivity contribution in [3.8, 4) is 0 Å². The number of anilines is 1. The third-order valence-electron chi connectivity index (χ3n) is 1.85. The highest BCUT2D eigenvalue weighted by molar-refractivity contribution is 7.99. The number of nitrogens with one attached hydrogen (secondary N) is 1. The zero-order chi connectivity index (χ0) is 11.8. The SMILES string of the molecule is C=CCSCCNc1cnccc1C(=O)O. The van der Waals surface area contributed by atoms with Gasteiger partial charge in [-0.1, -0.05) is 6.08 Å². The van der Waals surface area contributed by atoms with Crippen molar-refractivity contribution in [2.45, 2.75) is 0 Å². The highest BCUT2D eigenvalue weighted by atomic mass is 32.2. The second-order valence-electron chi connectivity index (χ2n) is 3.02. The first-order chi connectivity index (χ1) is 7.75. The Hall–Kier alpha value is -1.49. The van der Waals surface area contributed by atoms with Crippen molar-refractivity contribution < 1.29 is 9.90 Å². The first-order valence-corrected chi connectivity index (χ1v) is 6.01. The van der Waals surface area contributed by atoms with Crippen molar-refractivity contribution in [3.63, 3.8) is 0 Å². The van der Waals surface area contributed by atoms with Gasteiger partial charge in [-0.05, 0) is 6.07 Å². The van der Waals surface area contributed by atoms with Gasteiger partial charge in [0.15, 0.2) is 0 Å². The Morgan fingerprint density at radius 1 is 1.69 bits per heavy atom. The molecule has 0 spiro atoms. The molecule has 0 unspecified atom stereocenters. The Bertz CT molecular complexity index is 369. The fraction of sp³-hybridized carbons (Fsp3) is 0.273. The van der Waals surface area contributed by atoms with E-state index in [0.29, 0.717) is 12.2 Å². The van der Waals surface area contributed by atoms with Crippen molar-refractivity contribution in [1.82, 2.24) is 4.98 Å². The second-order valence-corrected chi connectivity index (χ2v) is 4.17. The summed E-state index contributed by atoms with van der Waals surface area (Å²) in [5, 5.41) is 12.0. The normalized spacial score (nSPS) is 9.75. The van der Waals surface area contributed by atoms with E-state index < -0.39 is 5.97 Å². The molecule has 2 N–H and O–H groups in total. The number of aromatic nitrogens is 1. The van der Waals surface area contributed by atoms with Crippen LogP contribution in [0.5, 0.6) is 0 Å². The number of hydrogen-bond acceptors (Lipinski definition) is 4. The van der Waals surface area contributed by atoms with Crippen molar-refractivity contribution in [1.29, 1.82) is 0 Å². The first kappa shape index (κ1) is 12.6. The van der Waals surface area contributed by atoms with Gasteiger partial charge in [0, 0.05) is 24.2 Å². The third kappa shape index (κ3) is 3.94.